The first-order chi connectivity index (χ1) is 12.1. The van der Waals surface area contributed by atoms with Crippen molar-refractivity contribution >= 4 is 11.9 Å². The summed E-state index contributed by atoms with van der Waals surface area (Å²) in [5, 5.41) is 0. The average Bonchev–Trinajstić information content (AvgIpc) is 2.85. The maximum absolute atomic E-state index is 11.8. The summed E-state index contributed by atoms with van der Waals surface area (Å²) in [4.78, 5) is 23.3. The summed E-state index contributed by atoms with van der Waals surface area (Å²) in [7, 11) is 0. The minimum Gasteiger partial charge on any atom is -0.393 e. The van der Waals surface area contributed by atoms with Gasteiger partial charge in [0.1, 0.15) is 0 Å². The minimum absolute atomic E-state index is 0.0806. The van der Waals surface area contributed by atoms with Crippen LogP contribution in [0.15, 0.2) is 0 Å². The number of carbonyl (C=O) groups excluding carboxylic acids is 2. The molecule has 4 heteroatoms. The Morgan fingerprint density at radius 3 is 1.92 bits per heavy atom. The first kappa shape index (κ1) is 22.1. The Bertz CT molecular complexity index is 380. The zero-order valence-corrected chi connectivity index (χ0v) is 16.6. The van der Waals surface area contributed by atoms with E-state index < -0.39 is 0 Å². The van der Waals surface area contributed by atoms with Gasteiger partial charge in [0.05, 0.1) is 18.4 Å². The van der Waals surface area contributed by atoms with Crippen molar-refractivity contribution in [2.45, 2.75) is 91.4 Å². The highest BCUT2D eigenvalue weighted by Crippen LogP contribution is 2.32. The normalized spacial score (nSPS) is 21.6. The van der Waals surface area contributed by atoms with Crippen LogP contribution in [-0.2, 0) is 19.1 Å². The van der Waals surface area contributed by atoms with Crippen LogP contribution in [0.2, 0.25) is 0 Å². The number of esters is 2. The van der Waals surface area contributed by atoms with E-state index in [9.17, 15) is 9.59 Å². The molecule has 0 aliphatic carbocycles. The third kappa shape index (κ3) is 8.35. The van der Waals surface area contributed by atoms with Gasteiger partial charge in [-0.3, -0.25) is 9.59 Å². The van der Waals surface area contributed by atoms with Crippen molar-refractivity contribution in [2.75, 3.05) is 13.2 Å². The van der Waals surface area contributed by atoms with Gasteiger partial charge in [0.15, 0.2) is 0 Å². The minimum atomic E-state index is -0.386. The number of hydrogen-bond donors (Lipinski definition) is 0. The Morgan fingerprint density at radius 2 is 1.44 bits per heavy atom. The second-order valence-electron chi connectivity index (χ2n) is 7.48. The molecule has 1 fully saturated rings. The molecular formula is C21H38O4. The summed E-state index contributed by atoms with van der Waals surface area (Å²) in [5.41, 5.74) is 0. The van der Waals surface area contributed by atoms with Crippen molar-refractivity contribution in [2.24, 2.45) is 17.8 Å². The van der Waals surface area contributed by atoms with E-state index in [0.29, 0.717) is 6.61 Å². The largest absolute Gasteiger partial charge is 0.393 e. The molecule has 0 aromatic rings. The van der Waals surface area contributed by atoms with Gasteiger partial charge in [-0.1, -0.05) is 85.0 Å². The van der Waals surface area contributed by atoms with Crippen LogP contribution in [-0.4, -0.2) is 25.2 Å². The van der Waals surface area contributed by atoms with E-state index in [1.54, 1.807) is 6.92 Å². The monoisotopic (exact) mass is 354 g/mol. The van der Waals surface area contributed by atoms with Crippen LogP contribution < -0.4 is 0 Å². The highest BCUT2D eigenvalue weighted by molar-refractivity contribution is 5.96. The first-order valence-corrected chi connectivity index (χ1v) is 10.4. The van der Waals surface area contributed by atoms with Crippen molar-refractivity contribution in [1.29, 1.82) is 0 Å². The summed E-state index contributed by atoms with van der Waals surface area (Å²) in [6.45, 7) is 7.37. The summed E-state index contributed by atoms with van der Waals surface area (Å²) in [6, 6.07) is 0. The Kier molecular flexibility index (Phi) is 11.8. The smallest absolute Gasteiger partial charge is 0.317 e. The molecule has 0 bridgehead atoms. The molecule has 0 N–H and O–H groups in total. The van der Waals surface area contributed by atoms with Gasteiger partial charge >= 0.3 is 11.9 Å². The first-order valence-electron chi connectivity index (χ1n) is 10.4. The van der Waals surface area contributed by atoms with E-state index >= 15 is 0 Å². The van der Waals surface area contributed by atoms with Crippen molar-refractivity contribution < 1.29 is 19.1 Å². The fraction of sp³-hybridized carbons (Fsp3) is 0.905. The number of ether oxygens (including phenoxy) is 2. The molecule has 1 aliphatic heterocycles. The summed E-state index contributed by atoms with van der Waals surface area (Å²) in [5.74, 6) is -1.34. The summed E-state index contributed by atoms with van der Waals surface area (Å²) < 4.78 is 10.5. The third-order valence-electron chi connectivity index (χ3n) is 5.39. The van der Waals surface area contributed by atoms with Gasteiger partial charge in [0, 0.05) is 6.61 Å². The van der Waals surface area contributed by atoms with Crippen LogP contribution in [0.4, 0.5) is 0 Å². The van der Waals surface area contributed by atoms with Crippen LogP contribution in [0, 0.1) is 17.8 Å². The molecule has 1 heterocycles. The molecule has 1 rings (SSSR count). The predicted octanol–water partition coefficient (Wildman–Crippen LogP) is 5.29. The molecule has 4 nitrogen and oxygen atoms in total. The molecule has 1 aliphatic rings. The number of hydrogen-bond acceptors (Lipinski definition) is 4. The zero-order chi connectivity index (χ0) is 18.5. The molecule has 0 amide bonds. The molecule has 1 saturated heterocycles. The van der Waals surface area contributed by atoms with Crippen LogP contribution in [0.5, 0.6) is 0 Å². The van der Waals surface area contributed by atoms with Gasteiger partial charge in [0.25, 0.3) is 0 Å². The van der Waals surface area contributed by atoms with Gasteiger partial charge in [-0.15, -0.1) is 0 Å². The SMILES string of the molecule is CCCCCCCCCCCCOCC(CC)C1C(=O)OC(=O)C1C. The third-order valence-corrected chi connectivity index (χ3v) is 5.39. The lowest BCUT2D eigenvalue weighted by Gasteiger charge is -2.21. The molecular weight excluding hydrogens is 316 g/mol. The molecule has 0 aromatic carbocycles. The van der Waals surface area contributed by atoms with E-state index in [2.05, 4.69) is 6.92 Å². The Morgan fingerprint density at radius 1 is 0.880 bits per heavy atom. The second kappa shape index (κ2) is 13.3. The standard InChI is InChI=1S/C21H38O4/c1-4-6-7-8-9-10-11-12-13-14-15-24-16-18(5-2)19-17(3)20(22)25-21(19)23/h17-19H,4-16H2,1-3H3. The maximum atomic E-state index is 11.8. The van der Waals surface area contributed by atoms with Crippen LogP contribution in [0.25, 0.3) is 0 Å². The molecule has 3 unspecified atom stereocenters. The second-order valence-corrected chi connectivity index (χ2v) is 7.48. The molecule has 0 radical (unpaired) electrons. The number of unbranched alkanes of at least 4 members (excludes halogenated alkanes) is 9. The fourth-order valence-corrected chi connectivity index (χ4v) is 3.61. The van der Waals surface area contributed by atoms with Crippen LogP contribution in [0.1, 0.15) is 91.4 Å². The summed E-state index contributed by atoms with van der Waals surface area (Å²) >= 11 is 0. The molecule has 25 heavy (non-hydrogen) atoms. The highest BCUT2D eigenvalue weighted by atomic mass is 16.6. The van der Waals surface area contributed by atoms with E-state index in [0.717, 1.165) is 19.4 Å². The molecule has 0 saturated carbocycles. The van der Waals surface area contributed by atoms with Gasteiger partial charge in [-0.05, 0) is 12.3 Å². The van der Waals surface area contributed by atoms with E-state index in [-0.39, 0.29) is 29.7 Å². The topological polar surface area (TPSA) is 52.6 Å². The van der Waals surface area contributed by atoms with Crippen molar-refractivity contribution in [3.63, 3.8) is 0 Å². The lowest BCUT2D eigenvalue weighted by atomic mass is 9.83. The quantitative estimate of drug-likeness (QED) is 0.228. The number of cyclic esters (lactones) is 2. The lowest BCUT2D eigenvalue weighted by molar-refractivity contribution is -0.154. The van der Waals surface area contributed by atoms with Gasteiger partial charge < -0.3 is 9.47 Å². The molecule has 0 spiro atoms. The van der Waals surface area contributed by atoms with Crippen molar-refractivity contribution in [3.05, 3.63) is 0 Å². The molecule has 0 aromatic heterocycles. The number of rotatable bonds is 15. The zero-order valence-electron chi connectivity index (χ0n) is 16.6. The maximum Gasteiger partial charge on any atom is 0.317 e. The van der Waals surface area contributed by atoms with Crippen LogP contribution in [0.3, 0.4) is 0 Å². The van der Waals surface area contributed by atoms with Crippen molar-refractivity contribution in [3.8, 4) is 0 Å². The molecule has 146 valence electrons. The van der Waals surface area contributed by atoms with E-state index in [4.69, 9.17) is 9.47 Å². The van der Waals surface area contributed by atoms with E-state index in [1.807, 2.05) is 6.92 Å². The van der Waals surface area contributed by atoms with Gasteiger partial charge in [-0.25, -0.2) is 0 Å². The van der Waals surface area contributed by atoms with Crippen LogP contribution >= 0.6 is 0 Å². The highest BCUT2D eigenvalue weighted by Gasteiger charge is 2.45. The van der Waals surface area contributed by atoms with E-state index in [1.165, 1.54) is 57.8 Å². The average molecular weight is 355 g/mol. The predicted molar refractivity (Wildman–Crippen MR) is 100 cm³/mol. The Hall–Kier alpha value is -0.900. The van der Waals surface area contributed by atoms with Crippen molar-refractivity contribution in [1.82, 2.24) is 0 Å². The van der Waals surface area contributed by atoms with Gasteiger partial charge in [0.2, 0.25) is 0 Å². The molecule has 3 atom stereocenters. The number of carbonyl (C=O) groups is 2. The Labute approximate surface area is 154 Å². The Balaban J connectivity index is 2.01. The lowest BCUT2D eigenvalue weighted by Crippen LogP contribution is -2.28. The van der Waals surface area contributed by atoms with Gasteiger partial charge in [-0.2, -0.15) is 0 Å². The summed E-state index contributed by atoms with van der Waals surface area (Å²) in [6.07, 6.45) is 13.9. The fourth-order valence-electron chi connectivity index (χ4n) is 3.61.